The van der Waals surface area contributed by atoms with E-state index in [4.69, 9.17) is 4.74 Å². The monoisotopic (exact) mass is 417 g/mol. The lowest BCUT2D eigenvalue weighted by atomic mass is 9.90. The third-order valence-electron chi connectivity index (χ3n) is 4.59. The minimum Gasteiger partial charge on any atom is -0.504 e. The van der Waals surface area contributed by atoms with E-state index in [0.717, 1.165) is 11.1 Å². The summed E-state index contributed by atoms with van der Waals surface area (Å²) in [7, 11) is 1.44. The number of phenols is 1. The zero-order chi connectivity index (χ0) is 22.1. The third kappa shape index (κ3) is 5.70. The molecule has 0 heterocycles. The van der Waals surface area contributed by atoms with Gasteiger partial charge < -0.3 is 15.2 Å². The van der Waals surface area contributed by atoms with Crippen LogP contribution in [-0.4, -0.2) is 36.8 Å². The molecule has 0 radical (unpaired) electrons. The van der Waals surface area contributed by atoms with Gasteiger partial charge in [-0.05, 0) is 23.3 Å². The summed E-state index contributed by atoms with van der Waals surface area (Å²) in [5, 5.41) is 16.5. The van der Waals surface area contributed by atoms with Crippen LogP contribution in [-0.2, 0) is 9.59 Å². The van der Waals surface area contributed by atoms with E-state index in [9.17, 15) is 14.7 Å². The third-order valence-corrected chi connectivity index (χ3v) is 4.59. The van der Waals surface area contributed by atoms with E-state index in [-0.39, 0.29) is 18.2 Å². The number of nitrogens with one attached hydrogen (secondary N) is 2. The number of rotatable bonds is 8. The molecule has 3 N–H and O–H groups in total. The molecule has 0 aromatic heterocycles. The summed E-state index contributed by atoms with van der Waals surface area (Å²) in [6, 6.07) is 23.7. The van der Waals surface area contributed by atoms with Crippen molar-refractivity contribution >= 4 is 18.0 Å². The quantitative estimate of drug-likeness (QED) is 0.388. The summed E-state index contributed by atoms with van der Waals surface area (Å²) >= 11 is 0. The number of methoxy groups -OCH3 is 1. The average Bonchev–Trinajstić information content (AvgIpc) is 2.80. The minimum absolute atomic E-state index is 0.0788. The zero-order valence-corrected chi connectivity index (χ0v) is 17.0. The second-order valence-electron chi connectivity index (χ2n) is 6.66. The lowest BCUT2D eigenvalue weighted by Crippen LogP contribution is -2.37. The summed E-state index contributed by atoms with van der Waals surface area (Å²) in [6.07, 6.45) is 1.30. The molecule has 0 aliphatic heterocycles. The van der Waals surface area contributed by atoms with Crippen molar-refractivity contribution in [3.8, 4) is 11.5 Å². The van der Waals surface area contributed by atoms with Crippen LogP contribution in [0, 0.1) is 0 Å². The van der Waals surface area contributed by atoms with E-state index in [2.05, 4.69) is 15.8 Å². The van der Waals surface area contributed by atoms with Crippen LogP contribution >= 0.6 is 0 Å². The smallest absolute Gasteiger partial charge is 0.259 e. The van der Waals surface area contributed by atoms with Crippen molar-refractivity contribution in [2.45, 2.75) is 5.92 Å². The van der Waals surface area contributed by atoms with Gasteiger partial charge in [0.15, 0.2) is 11.5 Å². The van der Waals surface area contributed by atoms with Crippen molar-refractivity contribution in [1.82, 2.24) is 10.7 Å². The van der Waals surface area contributed by atoms with Crippen LogP contribution in [0.4, 0.5) is 0 Å². The van der Waals surface area contributed by atoms with Crippen LogP contribution in [0.2, 0.25) is 0 Å². The maximum Gasteiger partial charge on any atom is 0.259 e. The molecule has 0 bridgehead atoms. The molecule has 0 unspecified atom stereocenters. The highest BCUT2D eigenvalue weighted by atomic mass is 16.5. The Morgan fingerprint density at radius 1 is 0.968 bits per heavy atom. The number of amides is 2. The largest absolute Gasteiger partial charge is 0.504 e. The lowest BCUT2D eigenvalue weighted by Gasteiger charge is -2.17. The van der Waals surface area contributed by atoms with Gasteiger partial charge in [-0.2, -0.15) is 5.10 Å². The van der Waals surface area contributed by atoms with E-state index < -0.39 is 11.8 Å². The Hall–Kier alpha value is -4.13. The number of benzene rings is 3. The second kappa shape index (κ2) is 10.6. The van der Waals surface area contributed by atoms with Gasteiger partial charge in [-0.1, -0.05) is 66.7 Å². The van der Waals surface area contributed by atoms with Crippen LogP contribution in [0.3, 0.4) is 0 Å². The Labute approximate surface area is 180 Å². The number of phenolic OH excluding ortho intramolecular Hbond substituents is 1. The molecule has 2 amide bonds. The minimum atomic E-state index is -0.535. The number of hydrogen-bond acceptors (Lipinski definition) is 5. The molecule has 31 heavy (non-hydrogen) atoms. The van der Waals surface area contributed by atoms with Gasteiger partial charge in [0.05, 0.1) is 25.8 Å². The first-order chi connectivity index (χ1) is 15.1. The van der Waals surface area contributed by atoms with Crippen LogP contribution in [0.15, 0.2) is 84.0 Å². The zero-order valence-electron chi connectivity index (χ0n) is 17.0. The summed E-state index contributed by atoms with van der Waals surface area (Å²) in [5.74, 6) is -1.10. The average molecular weight is 417 g/mol. The van der Waals surface area contributed by atoms with Gasteiger partial charge in [0, 0.05) is 5.56 Å². The van der Waals surface area contributed by atoms with E-state index >= 15 is 0 Å². The molecule has 0 fully saturated rings. The van der Waals surface area contributed by atoms with Crippen LogP contribution in [0.25, 0.3) is 0 Å². The Bertz CT molecular complexity index is 1010. The van der Waals surface area contributed by atoms with Gasteiger partial charge in [0.1, 0.15) is 0 Å². The van der Waals surface area contributed by atoms with Crippen molar-refractivity contribution in [3.05, 3.63) is 95.6 Å². The molecule has 3 aromatic rings. The van der Waals surface area contributed by atoms with Crippen molar-refractivity contribution in [2.24, 2.45) is 5.10 Å². The van der Waals surface area contributed by atoms with Gasteiger partial charge in [-0.15, -0.1) is 0 Å². The molecule has 3 aromatic carbocycles. The van der Waals surface area contributed by atoms with Gasteiger partial charge in [0.2, 0.25) is 5.91 Å². The lowest BCUT2D eigenvalue weighted by molar-refractivity contribution is -0.126. The summed E-state index contributed by atoms with van der Waals surface area (Å²) < 4.78 is 5.03. The molecule has 7 nitrogen and oxygen atoms in total. The van der Waals surface area contributed by atoms with Crippen LogP contribution < -0.4 is 15.5 Å². The summed E-state index contributed by atoms with van der Waals surface area (Å²) in [6.45, 7) is -0.240. The molecular weight excluding hydrogens is 394 g/mol. The number of nitrogens with zero attached hydrogens (tertiary/aromatic N) is 1. The van der Waals surface area contributed by atoms with E-state index in [1.54, 1.807) is 18.2 Å². The first kappa shape index (κ1) is 21.6. The van der Waals surface area contributed by atoms with Gasteiger partial charge in [0.25, 0.3) is 5.91 Å². The number of aromatic hydroxyl groups is 1. The highest BCUT2D eigenvalue weighted by Gasteiger charge is 2.22. The molecule has 0 saturated heterocycles. The van der Waals surface area contributed by atoms with E-state index in [1.165, 1.54) is 13.3 Å². The first-order valence-corrected chi connectivity index (χ1v) is 9.65. The fourth-order valence-electron chi connectivity index (χ4n) is 3.08. The Balaban J connectivity index is 1.61. The normalized spacial score (nSPS) is 10.8. The van der Waals surface area contributed by atoms with Crippen molar-refractivity contribution in [3.63, 3.8) is 0 Å². The topological polar surface area (TPSA) is 100 Å². The highest BCUT2D eigenvalue weighted by Crippen LogP contribution is 2.28. The maximum absolute atomic E-state index is 12.9. The number of hydrazone groups is 1. The molecule has 0 atom stereocenters. The fraction of sp³-hybridized carbons (Fsp3) is 0.125. The molecule has 0 saturated carbocycles. The van der Waals surface area contributed by atoms with E-state index in [1.807, 2.05) is 60.7 Å². The predicted molar refractivity (Wildman–Crippen MR) is 118 cm³/mol. The second-order valence-corrected chi connectivity index (χ2v) is 6.66. The Morgan fingerprint density at radius 3 is 2.16 bits per heavy atom. The predicted octanol–water partition coefficient (Wildman–Crippen LogP) is 2.80. The molecule has 158 valence electrons. The summed E-state index contributed by atoms with van der Waals surface area (Å²) in [4.78, 5) is 25.0. The number of carbonyl (C=O) groups excluding carboxylic acids is 2. The number of ether oxygens (including phenoxy) is 1. The van der Waals surface area contributed by atoms with E-state index in [0.29, 0.717) is 11.3 Å². The standard InChI is InChI=1S/C24H23N3O4/c1-31-20-14-8-13-19(23(20)29)15-26-27-21(28)16-25-24(30)22(17-9-4-2-5-10-17)18-11-6-3-7-12-18/h2-15,22,29H,16H2,1H3,(H,25,30)(H,27,28)/b26-15+. The first-order valence-electron chi connectivity index (χ1n) is 9.65. The summed E-state index contributed by atoms with van der Waals surface area (Å²) in [5.41, 5.74) is 4.38. The highest BCUT2D eigenvalue weighted by molar-refractivity contribution is 5.91. The molecule has 3 rings (SSSR count). The van der Waals surface area contributed by atoms with Crippen LogP contribution in [0.1, 0.15) is 22.6 Å². The van der Waals surface area contributed by atoms with Gasteiger partial charge in [-0.25, -0.2) is 5.43 Å². The molecule has 0 aliphatic carbocycles. The number of hydrogen-bond donors (Lipinski definition) is 3. The van der Waals surface area contributed by atoms with Crippen molar-refractivity contribution < 1.29 is 19.4 Å². The molecule has 0 spiro atoms. The molecule has 0 aliphatic rings. The Morgan fingerprint density at radius 2 is 1.58 bits per heavy atom. The SMILES string of the molecule is COc1cccc(/C=N/NC(=O)CNC(=O)C(c2ccccc2)c2ccccc2)c1O. The van der Waals surface area contributed by atoms with Crippen LogP contribution in [0.5, 0.6) is 11.5 Å². The fourth-order valence-corrected chi connectivity index (χ4v) is 3.08. The van der Waals surface area contributed by atoms with Gasteiger partial charge >= 0.3 is 0 Å². The maximum atomic E-state index is 12.9. The number of carbonyl (C=O) groups is 2. The molecular formula is C24H23N3O4. The van der Waals surface area contributed by atoms with Crippen molar-refractivity contribution in [2.75, 3.05) is 13.7 Å². The number of para-hydroxylation sites is 1. The molecule has 7 heteroatoms. The van der Waals surface area contributed by atoms with Crippen molar-refractivity contribution in [1.29, 1.82) is 0 Å². The van der Waals surface area contributed by atoms with Gasteiger partial charge in [-0.3, -0.25) is 9.59 Å². The Kier molecular flexibility index (Phi) is 7.37.